The van der Waals surface area contributed by atoms with Gasteiger partial charge in [-0.05, 0) is 12.3 Å². The molecule has 0 aliphatic heterocycles. The van der Waals surface area contributed by atoms with Crippen LogP contribution in [-0.2, 0) is 7.05 Å². The van der Waals surface area contributed by atoms with Crippen molar-refractivity contribution < 1.29 is 5.11 Å². The molecule has 0 aromatic carbocycles. The van der Waals surface area contributed by atoms with Crippen LogP contribution in [0.4, 0.5) is 11.5 Å². The van der Waals surface area contributed by atoms with Gasteiger partial charge in [-0.25, -0.2) is 4.79 Å². The smallest absolute Gasteiger partial charge is 0.329 e. The van der Waals surface area contributed by atoms with Crippen LogP contribution in [0.15, 0.2) is 9.59 Å². The number of aliphatic hydroxyl groups excluding tert-OH is 1. The first kappa shape index (κ1) is 14.3. The number of hydrogen-bond donors (Lipinski definition) is 4. The van der Waals surface area contributed by atoms with Gasteiger partial charge in [0.15, 0.2) is 0 Å². The molecule has 1 heterocycles. The molecule has 0 amide bonds. The van der Waals surface area contributed by atoms with Crippen molar-refractivity contribution in [2.75, 3.05) is 24.2 Å². The van der Waals surface area contributed by atoms with Crippen molar-refractivity contribution in [1.82, 2.24) is 9.55 Å². The molecule has 1 unspecified atom stereocenters. The number of nitrogen functional groups attached to an aromatic ring is 1. The lowest BCUT2D eigenvalue weighted by molar-refractivity contribution is 0.258. The molecule has 1 aromatic heterocycles. The molecule has 18 heavy (non-hydrogen) atoms. The number of rotatable bonds is 6. The molecule has 102 valence electrons. The highest BCUT2D eigenvalue weighted by atomic mass is 16.3. The van der Waals surface area contributed by atoms with Crippen molar-refractivity contribution >= 4 is 11.5 Å². The van der Waals surface area contributed by atoms with E-state index in [1.807, 2.05) is 6.92 Å². The maximum absolute atomic E-state index is 11.6. The van der Waals surface area contributed by atoms with Gasteiger partial charge < -0.3 is 16.2 Å². The summed E-state index contributed by atoms with van der Waals surface area (Å²) in [6, 6.07) is 0. The molecule has 7 heteroatoms. The molecule has 1 rings (SSSR count). The van der Waals surface area contributed by atoms with Crippen molar-refractivity contribution in [3.63, 3.8) is 0 Å². The lowest BCUT2D eigenvalue weighted by Gasteiger charge is -2.16. The summed E-state index contributed by atoms with van der Waals surface area (Å²) in [6.45, 7) is 2.65. The van der Waals surface area contributed by atoms with Crippen LogP contribution < -0.4 is 22.3 Å². The molecular formula is C11H20N4O3. The number of nitrogens with one attached hydrogen (secondary N) is 2. The van der Waals surface area contributed by atoms with Crippen LogP contribution in [0.2, 0.25) is 0 Å². The summed E-state index contributed by atoms with van der Waals surface area (Å²) in [5.74, 6) is 0.369. The van der Waals surface area contributed by atoms with Crippen LogP contribution >= 0.6 is 0 Å². The van der Waals surface area contributed by atoms with Crippen LogP contribution in [0.25, 0.3) is 0 Å². The largest absolute Gasteiger partial charge is 0.396 e. The van der Waals surface area contributed by atoms with Gasteiger partial charge in [-0.1, -0.05) is 13.3 Å². The number of hydrogen-bond acceptors (Lipinski definition) is 5. The van der Waals surface area contributed by atoms with Crippen LogP contribution in [0.3, 0.4) is 0 Å². The van der Waals surface area contributed by atoms with Gasteiger partial charge in [-0.3, -0.25) is 14.3 Å². The monoisotopic (exact) mass is 256 g/mol. The minimum absolute atomic E-state index is 0.110. The highest BCUT2D eigenvalue weighted by Gasteiger charge is 2.11. The first-order valence-corrected chi connectivity index (χ1v) is 5.94. The minimum atomic E-state index is -0.537. The second-order valence-electron chi connectivity index (χ2n) is 4.25. The van der Waals surface area contributed by atoms with Crippen molar-refractivity contribution in [1.29, 1.82) is 0 Å². The maximum Gasteiger partial charge on any atom is 0.329 e. The number of aromatic amines is 1. The number of aromatic nitrogens is 2. The first-order chi connectivity index (χ1) is 8.51. The van der Waals surface area contributed by atoms with E-state index in [0.29, 0.717) is 13.0 Å². The lowest BCUT2D eigenvalue weighted by Crippen LogP contribution is -2.33. The van der Waals surface area contributed by atoms with E-state index >= 15 is 0 Å². The average Bonchev–Trinajstić information content (AvgIpc) is 2.34. The van der Waals surface area contributed by atoms with E-state index in [2.05, 4.69) is 10.3 Å². The van der Waals surface area contributed by atoms with E-state index in [-0.39, 0.29) is 24.0 Å². The maximum atomic E-state index is 11.6. The van der Waals surface area contributed by atoms with Crippen LogP contribution in [0, 0.1) is 5.92 Å². The van der Waals surface area contributed by atoms with E-state index < -0.39 is 11.2 Å². The molecule has 0 aliphatic carbocycles. The van der Waals surface area contributed by atoms with E-state index in [9.17, 15) is 9.59 Å². The quantitative estimate of drug-likeness (QED) is 0.547. The fourth-order valence-corrected chi connectivity index (χ4v) is 1.69. The number of aliphatic hydroxyl groups is 1. The standard InChI is InChI=1S/C11H20N4O3/c1-3-7(4-5-16)6-13-8-9(12)15(2)11(18)14-10(8)17/h7,13,16H,3-6,12H2,1-2H3,(H,14,17,18). The molecule has 7 nitrogen and oxygen atoms in total. The summed E-state index contributed by atoms with van der Waals surface area (Å²) in [7, 11) is 1.49. The Morgan fingerprint density at radius 1 is 1.50 bits per heavy atom. The Hall–Kier alpha value is -1.76. The van der Waals surface area contributed by atoms with Gasteiger partial charge in [0.05, 0.1) is 0 Å². The number of nitrogens with two attached hydrogens (primary N) is 1. The van der Waals surface area contributed by atoms with Gasteiger partial charge in [0, 0.05) is 20.2 Å². The SMILES string of the molecule is CCC(CCO)CNc1c(N)n(C)c(=O)[nH]c1=O. The molecule has 0 spiro atoms. The van der Waals surface area contributed by atoms with Crippen molar-refractivity contribution in [2.45, 2.75) is 19.8 Å². The van der Waals surface area contributed by atoms with E-state index in [1.165, 1.54) is 11.6 Å². The van der Waals surface area contributed by atoms with Crippen molar-refractivity contribution in [2.24, 2.45) is 13.0 Å². The molecule has 0 saturated carbocycles. The van der Waals surface area contributed by atoms with Crippen LogP contribution in [0.1, 0.15) is 19.8 Å². The molecule has 0 saturated heterocycles. The molecule has 0 fully saturated rings. The van der Waals surface area contributed by atoms with Crippen LogP contribution in [0.5, 0.6) is 0 Å². The lowest BCUT2D eigenvalue weighted by atomic mass is 10.0. The second kappa shape index (κ2) is 6.25. The third-order valence-corrected chi connectivity index (χ3v) is 3.05. The Kier molecular flexibility index (Phi) is 4.96. The highest BCUT2D eigenvalue weighted by Crippen LogP contribution is 2.12. The summed E-state index contributed by atoms with van der Waals surface area (Å²) >= 11 is 0. The normalized spacial score (nSPS) is 12.4. The van der Waals surface area contributed by atoms with E-state index in [4.69, 9.17) is 10.8 Å². The fourth-order valence-electron chi connectivity index (χ4n) is 1.69. The van der Waals surface area contributed by atoms with Gasteiger partial charge in [-0.2, -0.15) is 0 Å². The number of H-pyrrole nitrogens is 1. The van der Waals surface area contributed by atoms with E-state index in [1.54, 1.807) is 0 Å². The summed E-state index contributed by atoms with van der Waals surface area (Å²) < 4.78 is 1.18. The zero-order chi connectivity index (χ0) is 13.7. The third kappa shape index (κ3) is 3.13. The summed E-state index contributed by atoms with van der Waals surface area (Å²) in [5, 5.41) is 11.8. The van der Waals surface area contributed by atoms with Crippen LogP contribution in [-0.4, -0.2) is 27.8 Å². The summed E-state index contributed by atoms with van der Waals surface area (Å²) in [4.78, 5) is 25.1. The second-order valence-corrected chi connectivity index (χ2v) is 4.25. The van der Waals surface area contributed by atoms with Crippen molar-refractivity contribution in [3.05, 3.63) is 20.8 Å². The van der Waals surface area contributed by atoms with E-state index in [0.717, 1.165) is 6.42 Å². The zero-order valence-corrected chi connectivity index (χ0v) is 10.7. The number of anilines is 2. The zero-order valence-electron chi connectivity index (χ0n) is 10.7. The molecule has 5 N–H and O–H groups in total. The van der Waals surface area contributed by atoms with Gasteiger partial charge in [0.2, 0.25) is 0 Å². The van der Waals surface area contributed by atoms with Gasteiger partial charge in [-0.15, -0.1) is 0 Å². The Labute approximate surface area is 105 Å². The fraction of sp³-hybridized carbons (Fsp3) is 0.636. The van der Waals surface area contributed by atoms with Gasteiger partial charge >= 0.3 is 5.69 Å². The minimum Gasteiger partial charge on any atom is -0.396 e. The Bertz CT molecular complexity index is 506. The molecule has 0 radical (unpaired) electrons. The number of nitrogens with zero attached hydrogens (tertiary/aromatic N) is 1. The molecule has 0 aliphatic rings. The third-order valence-electron chi connectivity index (χ3n) is 3.05. The highest BCUT2D eigenvalue weighted by molar-refractivity contribution is 5.60. The Balaban J connectivity index is 2.89. The van der Waals surface area contributed by atoms with Gasteiger partial charge in [0.25, 0.3) is 5.56 Å². The summed E-state index contributed by atoms with van der Waals surface area (Å²) in [6.07, 6.45) is 1.55. The predicted octanol–water partition coefficient (Wildman–Crippen LogP) is -0.524. The topological polar surface area (TPSA) is 113 Å². The first-order valence-electron chi connectivity index (χ1n) is 5.94. The molecule has 0 bridgehead atoms. The molecule has 1 atom stereocenters. The Morgan fingerprint density at radius 2 is 2.17 bits per heavy atom. The van der Waals surface area contributed by atoms with Gasteiger partial charge in [0.1, 0.15) is 11.5 Å². The summed E-state index contributed by atoms with van der Waals surface area (Å²) in [5.41, 5.74) is 4.86. The average molecular weight is 256 g/mol. The molecular weight excluding hydrogens is 236 g/mol. The predicted molar refractivity (Wildman–Crippen MR) is 70.7 cm³/mol. The molecule has 1 aromatic rings. The van der Waals surface area contributed by atoms with Crippen molar-refractivity contribution in [3.8, 4) is 0 Å². The Morgan fingerprint density at radius 3 is 2.72 bits per heavy atom.